The molecular formula is C20H19F3N4O2. The molecular weight excluding hydrogens is 385 g/mol. The van der Waals surface area contributed by atoms with Gasteiger partial charge in [-0.2, -0.15) is 13.2 Å². The van der Waals surface area contributed by atoms with E-state index in [0.29, 0.717) is 37.1 Å². The molecule has 1 fully saturated rings. The summed E-state index contributed by atoms with van der Waals surface area (Å²) in [6, 6.07) is 9.92. The number of carbonyl (C=O) groups is 1. The molecule has 3 aromatic rings. The molecule has 1 aliphatic heterocycles. The summed E-state index contributed by atoms with van der Waals surface area (Å²) >= 11 is 0. The zero-order chi connectivity index (χ0) is 20.6. The van der Waals surface area contributed by atoms with Crippen LogP contribution in [0.1, 0.15) is 35.0 Å². The van der Waals surface area contributed by atoms with E-state index in [9.17, 15) is 18.0 Å². The lowest BCUT2D eigenvalue weighted by Crippen LogP contribution is -2.45. The predicted octanol–water partition coefficient (Wildman–Crippen LogP) is 3.95. The van der Waals surface area contributed by atoms with Gasteiger partial charge in [0.25, 0.3) is 5.91 Å². The lowest BCUT2D eigenvalue weighted by Gasteiger charge is -2.33. The second-order valence-electron chi connectivity index (χ2n) is 7.03. The summed E-state index contributed by atoms with van der Waals surface area (Å²) in [4.78, 5) is 21.5. The normalized spacial score (nSPS) is 15.7. The van der Waals surface area contributed by atoms with Crippen LogP contribution in [0.25, 0.3) is 10.9 Å². The Balaban J connectivity index is 1.51. The highest BCUT2D eigenvalue weighted by molar-refractivity contribution is 5.92. The fraction of sp³-hybridized carbons (Fsp3) is 0.350. The van der Waals surface area contributed by atoms with E-state index in [1.165, 1.54) is 0 Å². The first kappa shape index (κ1) is 19.2. The zero-order valence-electron chi connectivity index (χ0n) is 15.7. The summed E-state index contributed by atoms with van der Waals surface area (Å²) in [5, 5.41) is 3.50. The number of alkyl halides is 3. The molecule has 0 unspecified atom stereocenters. The van der Waals surface area contributed by atoms with E-state index in [1.54, 1.807) is 43.3 Å². The molecule has 1 N–H and O–H groups in total. The number of rotatable bonds is 3. The fourth-order valence-electron chi connectivity index (χ4n) is 3.48. The second kappa shape index (κ2) is 7.38. The summed E-state index contributed by atoms with van der Waals surface area (Å²) in [7, 11) is 0. The molecule has 1 amide bonds. The van der Waals surface area contributed by atoms with Crippen LogP contribution < -0.4 is 10.2 Å². The van der Waals surface area contributed by atoms with Crippen molar-refractivity contribution < 1.29 is 22.4 Å². The number of halogens is 3. The maximum atomic E-state index is 13.2. The lowest BCUT2D eigenvalue weighted by molar-refractivity contribution is -0.144. The maximum absolute atomic E-state index is 13.2. The van der Waals surface area contributed by atoms with Crippen LogP contribution in [-0.4, -0.2) is 35.0 Å². The second-order valence-corrected chi connectivity index (χ2v) is 7.03. The standard InChI is InChI=1S/C20H19F3N4O2/c1-12-6-7-16(29-12)18(28)24-13-8-10-27(11-9-13)17-14-4-2-3-5-15(14)25-19(26-17)20(21,22)23/h2-7,13H,8-11H2,1H3,(H,24,28). The number of anilines is 1. The highest BCUT2D eigenvalue weighted by Crippen LogP contribution is 2.32. The number of aromatic nitrogens is 2. The summed E-state index contributed by atoms with van der Waals surface area (Å²) in [6.45, 7) is 2.71. The van der Waals surface area contributed by atoms with Crippen molar-refractivity contribution in [1.29, 1.82) is 0 Å². The number of carbonyl (C=O) groups excluding carboxylic acids is 1. The summed E-state index contributed by atoms with van der Waals surface area (Å²) in [6.07, 6.45) is -3.44. The Kier molecular flexibility index (Phi) is 4.89. The van der Waals surface area contributed by atoms with Crippen molar-refractivity contribution in [1.82, 2.24) is 15.3 Å². The van der Waals surface area contributed by atoms with Crippen molar-refractivity contribution in [2.24, 2.45) is 0 Å². The minimum absolute atomic E-state index is 0.0839. The average Bonchev–Trinajstić information content (AvgIpc) is 3.13. The minimum Gasteiger partial charge on any atom is -0.456 e. The molecule has 0 saturated carbocycles. The smallest absolute Gasteiger partial charge is 0.451 e. The number of fused-ring (bicyclic) bond motifs is 1. The zero-order valence-corrected chi connectivity index (χ0v) is 15.7. The van der Waals surface area contributed by atoms with E-state index >= 15 is 0 Å². The fourth-order valence-corrected chi connectivity index (χ4v) is 3.48. The molecule has 4 rings (SSSR count). The van der Waals surface area contributed by atoms with Crippen molar-refractivity contribution in [3.05, 3.63) is 53.7 Å². The number of aryl methyl sites for hydroxylation is 1. The topological polar surface area (TPSA) is 71.3 Å². The molecule has 1 aromatic carbocycles. The van der Waals surface area contributed by atoms with E-state index in [2.05, 4.69) is 15.3 Å². The van der Waals surface area contributed by atoms with Crippen LogP contribution in [0.4, 0.5) is 19.0 Å². The van der Waals surface area contributed by atoms with E-state index in [1.807, 2.05) is 4.90 Å². The molecule has 0 aliphatic carbocycles. The number of nitrogens with one attached hydrogen (secondary N) is 1. The third-order valence-electron chi connectivity index (χ3n) is 4.93. The first-order valence-corrected chi connectivity index (χ1v) is 9.27. The molecule has 0 bridgehead atoms. The van der Waals surface area contributed by atoms with Crippen LogP contribution in [-0.2, 0) is 6.18 Å². The molecule has 9 heteroatoms. The van der Waals surface area contributed by atoms with Gasteiger partial charge < -0.3 is 14.6 Å². The van der Waals surface area contributed by atoms with Crippen LogP contribution in [0, 0.1) is 6.92 Å². The van der Waals surface area contributed by atoms with Gasteiger partial charge in [-0.15, -0.1) is 0 Å². The van der Waals surface area contributed by atoms with E-state index in [-0.39, 0.29) is 29.0 Å². The Bertz CT molecular complexity index is 1040. The summed E-state index contributed by atoms with van der Waals surface area (Å²) < 4.78 is 45.0. The number of benzene rings is 1. The van der Waals surface area contributed by atoms with Crippen molar-refractivity contribution in [3.8, 4) is 0 Å². The van der Waals surface area contributed by atoms with Gasteiger partial charge in [0, 0.05) is 24.5 Å². The van der Waals surface area contributed by atoms with Gasteiger partial charge in [0.05, 0.1) is 5.52 Å². The van der Waals surface area contributed by atoms with Crippen molar-refractivity contribution >= 4 is 22.6 Å². The number of piperidine rings is 1. The molecule has 1 aliphatic rings. The number of amides is 1. The van der Waals surface area contributed by atoms with Gasteiger partial charge in [-0.3, -0.25) is 4.79 Å². The molecule has 0 spiro atoms. The largest absolute Gasteiger partial charge is 0.456 e. The number of furan rings is 1. The van der Waals surface area contributed by atoms with Crippen LogP contribution in [0.15, 0.2) is 40.8 Å². The third-order valence-corrected chi connectivity index (χ3v) is 4.93. The minimum atomic E-state index is -4.62. The van der Waals surface area contributed by atoms with Gasteiger partial charge in [-0.1, -0.05) is 12.1 Å². The van der Waals surface area contributed by atoms with Gasteiger partial charge in [0.2, 0.25) is 5.82 Å². The molecule has 29 heavy (non-hydrogen) atoms. The Hall–Kier alpha value is -3.10. The Morgan fingerprint density at radius 3 is 2.52 bits per heavy atom. The summed E-state index contributed by atoms with van der Waals surface area (Å²) in [5.41, 5.74) is 0.258. The van der Waals surface area contributed by atoms with Gasteiger partial charge in [0.1, 0.15) is 11.6 Å². The number of nitrogens with zero attached hydrogens (tertiary/aromatic N) is 3. The number of hydrogen-bond acceptors (Lipinski definition) is 5. The van der Waals surface area contributed by atoms with Crippen molar-refractivity contribution in [2.75, 3.05) is 18.0 Å². The van der Waals surface area contributed by atoms with Gasteiger partial charge in [-0.05, 0) is 44.0 Å². The Morgan fingerprint density at radius 2 is 1.86 bits per heavy atom. The van der Waals surface area contributed by atoms with Crippen LogP contribution in [0.5, 0.6) is 0 Å². The summed E-state index contributed by atoms with van der Waals surface area (Å²) in [5.74, 6) is -0.254. The van der Waals surface area contributed by atoms with Gasteiger partial charge in [0.15, 0.2) is 5.76 Å². The van der Waals surface area contributed by atoms with Gasteiger partial charge in [-0.25, -0.2) is 9.97 Å². The molecule has 0 atom stereocenters. The highest BCUT2D eigenvalue weighted by atomic mass is 19.4. The molecule has 152 valence electrons. The quantitative estimate of drug-likeness (QED) is 0.716. The number of para-hydroxylation sites is 1. The van der Waals surface area contributed by atoms with E-state index in [4.69, 9.17) is 4.42 Å². The first-order chi connectivity index (χ1) is 13.8. The van der Waals surface area contributed by atoms with Crippen molar-refractivity contribution in [3.63, 3.8) is 0 Å². The van der Waals surface area contributed by atoms with Crippen molar-refractivity contribution in [2.45, 2.75) is 32.0 Å². The highest BCUT2D eigenvalue weighted by Gasteiger charge is 2.36. The Labute approximate surface area is 164 Å². The SMILES string of the molecule is Cc1ccc(C(=O)NC2CCN(c3nc(C(F)(F)F)nc4ccccc34)CC2)o1. The van der Waals surface area contributed by atoms with E-state index in [0.717, 1.165) is 0 Å². The first-order valence-electron chi connectivity index (χ1n) is 9.27. The molecule has 3 heterocycles. The van der Waals surface area contributed by atoms with Crippen LogP contribution in [0.3, 0.4) is 0 Å². The third kappa shape index (κ3) is 4.03. The van der Waals surface area contributed by atoms with Crippen LogP contribution in [0.2, 0.25) is 0 Å². The lowest BCUT2D eigenvalue weighted by atomic mass is 10.0. The average molecular weight is 404 g/mol. The van der Waals surface area contributed by atoms with Gasteiger partial charge >= 0.3 is 6.18 Å². The molecule has 0 radical (unpaired) electrons. The number of hydrogen-bond donors (Lipinski definition) is 1. The Morgan fingerprint density at radius 1 is 1.14 bits per heavy atom. The maximum Gasteiger partial charge on any atom is 0.451 e. The molecule has 1 saturated heterocycles. The van der Waals surface area contributed by atoms with Crippen LogP contribution >= 0.6 is 0 Å². The molecule has 2 aromatic heterocycles. The predicted molar refractivity (Wildman–Crippen MR) is 101 cm³/mol. The molecule has 6 nitrogen and oxygen atoms in total. The van der Waals surface area contributed by atoms with E-state index < -0.39 is 12.0 Å². The monoisotopic (exact) mass is 404 g/mol.